The molecule has 5 rings (SSSR count). The molecule has 4 aromatic carbocycles. The van der Waals surface area contributed by atoms with Crippen molar-refractivity contribution in [3.63, 3.8) is 0 Å². The smallest absolute Gasteiger partial charge is 0.289 e. The van der Waals surface area contributed by atoms with Gasteiger partial charge in [-0.15, -0.1) is 0 Å². The van der Waals surface area contributed by atoms with Crippen LogP contribution in [-0.4, -0.2) is 11.6 Å². The number of carbonyl (C=O) groups is 2. The van der Waals surface area contributed by atoms with Crippen LogP contribution >= 0.6 is 0 Å². The van der Waals surface area contributed by atoms with Crippen molar-refractivity contribution in [2.75, 3.05) is 0 Å². The normalized spacial score (nSPS) is 13.4. The molecule has 0 heterocycles. The fourth-order valence-electron chi connectivity index (χ4n) is 4.39. The summed E-state index contributed by atoms with van der Waals surface area (Å²) in [6.07, 6.45) is -9.15. The van der Waals surface area contributed by atoms with E-state index in [-0.39, 0.29) is 33.4 Å². The Morgan fingerprint density at radius 1 is 0.417 bits per heavy atom. The number of ketones is 2. The van der Waals surface area contributed by atoms with Gasteiger partial charge in [-0.2, -0.15) is 26.3 Å². The molecule has 0 radical (unpaired) electrons. The Hall–Kier alpha value is -4.20. The van der Waals surface area contributed by atoms with Crippen molar-refractivity contribution in [2.45, 2.75) is 12.4 Å². The van der Waals surface area contributed by atoms with Gasteiger partial charge in [-0.3, -0.25) is 9.59 Å². The van der Waals surface area contributed by atoms with Crippen LogP contribution in [0.15, 0.2) is 84.9 Å². The molecule has 36 heavy (non-hydrogen) atoms. The minimum absolute atomic E-state index is 0.00384. The summed E-state index contributed by atoms with van der Waals surface area (Å²) >= 11 is 0. The first-order chi connectivity index (χ1) is 17.0. The average Bonchev–Trinajstić information content (AvgIpc) is 2.85. The second-order valence-corrected chi connectivity index (χ2v) is 8.26. The molecule has 0 N–H and O–H groups in total. The van der Waals surface area contributed by atoms with E-state index in [1.165, 1.54) is 48.5 Å². The van der Waals surface area contributed by atoms with Gasteiger partial charge in [0.25, 0.3) is 0 Å². The molecule has 4 aromatic rings. The van der Waals surface area contributed by atoms with Gasteiger partial charge in [0.1, 0.15) is 0 Å². The number of hydrogen-bond acceptors (Lipinski definition) is 2. The van der Waals surface area contributed by atoms with Crippen LogP contribution in [0, 0.1) is 0 Å². The van der Waals surface area contributed by atoms with Crippen LogP contribution in [-0.2, 0) is 12.4 Å². The van der Waals surface area contributed by atoms with E-state index in [2.05, 4.69) is 0 Å². The molecule has 0 fully saturated rings. The highest BCUT2D eigenvalue weighted by molar-refractivity contribution is 6.31. The molecule has 0 spiro atoms. The maximum absolute atomic E-state index is 13.6. The van der Waals surface area contributed by atoms with E-state index >= 15 is 0 Å². The first-order valence-electron chi connectivity index (χ1n) is 10.7. The van der Waals surface area contributed by atoms with E-state index in [9.17, 15) is 35.9 Å². The van der Waals surface area contributed by atoms with Crippen LogP contribution < -0.4 is 0 Å². The molecule has 0 saturated carbocycles. The molecule has 0 unspecified atom stereocenters. The highest BCUT2D eigenvalue weighted by Gasteiger charge is 2.35. The van der Waals surface area contributed by atoms with Crippen molar-refractivity contribution in [1.29, 1.82) is 0 Å². The lowest BCUT2D eigenvalue weighted by Crippen LogP contribution is -2.22. The number of benzene rings is 4. The monoisotopic (exact) mass is 496 g/mol. The largest absolute Gasteiger partial charge is 0.416 e. The summed E-state index contributed by atoms with van der Waals surface area (Å²) in [6, 6.07) is 17.4. The highest BCUT2D eigenvalue weighted by Crippen LogP contribution is 2.42. The summed E-state index contributed by atoms with van der Waals surface area (Å²) in [7, 11) is 0. The quantitative estimate of drug-likeness (QED) is 0.234. The van der Waals surface area contributed by atoms with E-state index in [1.807, 2.05) is 0 Å². The first-order valence-corrected chi connectivity index (χ1v) is 10.7. The Morgan fingerprint density at radius 2 is 0.861 bits per heavy atom. The molecule has 180 valence electrons. The van der Waals surface area contributed by atoms with Crippen LogP contribution in [0.1, 0.15) is 43.0 Å². The summed E-state index contributed by atoms with van der Waals surface area (Å²) in [5.74, 6) is -0.920. The molecule has 0 aromatic heterocycles. The van der Waals surface area contributed by atoms with Gasteiger partial charge in [-0.05, 0) is 47.0 Å². The lowest BCUT2D eigenvalue weighted by molar-refractivity contribution is -0.138. The topological polar surface area (TPSA) is 34.1 Å². The zero-order chi connectivity index (χ0) is 25.8. The lowest BCUT2D eigenvalue weighted by atomic mass is 9.78. The second-order valence-electron chi connectivity index (χ2n) is 8.26. The fraction of sp³-hybridized carbons (Fsp3) is 0.0714. The van der Waals surface area contributed by atoms with Crippen LogP contribution in [0.4, 0.5) is 26.3 Å². The first kappa shape index (κ1) is 23.5. The van der Waals surface area contributed by atoms with Gasteiger partial charge in [0.15, 0.2) is 11.6 Å². The minimum atomic E-state index is -4.59. The van der Waals surface area contributed by atoms with E-state index in [0.717, 1.165) is 24.3 Å². The van der Waals surface area contributed by atoms with E-state index in [0.29, 0.717) is 11.1 Å². The molecular weight excluding hydrogens is 482 g/mol. The Morgan fingerprint density at radius 3 is 1.36 bits per heavy atom. The van der Waals surface area contributed by atoms with Crippen LogP contribution in [0.25, 0.3) is 22.3 Å². The Labute approximate surface area is 200 Å². The molecule has 1 aliphatic rings. The predicted octanol–water partition coefficient (Wildman–Crippen LogP) is 7.83. The van der Waals surface area contributed by atoms with Gasteiger partial charge in [0, 0.05) is 27.8 Å². The average molecular weight is 496 g/mol. The van der Waals surface area contributed by atoms with Gasteiger partial charge < -0.3 is 0 Å². The van der Waals surface area contributed by atoms with Gasteiger partial charge >= 0.3 is 12.4 Å². The van der Waals surface area contributed by atoms with Crippen molar-refractivity contribution >= 4 is 11.6 Å². The second kappa shape index (κ2) is 8.19. The summed E-state index contributed by atoms with van der Waals surface area (Å²) in [4.78, 5) is 26.8. The third-order valence-electron chi connectivity index (χ3n) is 6.12. The fourth-order valence-corrected chi connectivity index (χ4v) is 4.39. The van der Waals surface area contributed by atoms with E-state index in [4.69, 9.17) is 0 Å². The predicted molar refractivity (Wildman–Crippen MR) is 121 cm³/mol. The molecule has 2 nitrogen and oxygen atoms in total. The third-order valence-corrected chi connectivity index (χ3v) is 6.12. The molecule has 1 aliphatic carbocycles. The lowest BCUT2D eigenvalue weighted by Gasteiger charge is -2.23. The molecule has 0 bridgehead atoms. The van der Waals surface area contributed by atoms with Crippen molar-refractivity contribution in [3.8, 4) is 22.3 Å². The number of alkyl halides is 6. The molecule has 0 saturated heterocycles. The summed E-state index contributed by atoms with van der Waals surface area (Å²) < 4.78 is 78.7. The number of rotatable bonds is 2. The maximum Gasteiger partial charge on any atom is 0.416 e. The van der Waals surface area contributed by atoms with Gasteiger partial charge in [0.2, 0.25) is 0 Å². The van der Waals surface area contributed by atoms with E-state index < -0.39 is 35.0 Å². The standard InChI is InChI=1S/C28H14F6O2/c29-27(30,31)17-9-5-15(6-10-17)19-13-14-22-24(26(36)21-4-2-1-3-20(21)25(22)35)23(19)16-7-11-18(12-8-16)28(32,33)34/h1-14H. The van der Waals surface area contributed by atoms with Crippen molar-refractivity contribution in [1.82, 2.24) is 0 Å². The minimum Gasteiger partial charge on any atom is -0.289 e. The highest BCUT2D eigenvalue weighted by atomic mass is 19.4. The Balaban J connectivity index is 1.77. The summed E-state index contributed by atoms with van der Waals surface area (Å²) in [6.45, 7) is 0. The van der Waals surface area contributed by atoms with Crippen molar-refractivity contribution < 1.29 is 35.9 Å². The Kier molecular flexibility index (Phi) is 5.35. The zero-order valence-corrected chi connectivity index (χ0v) is 18.2. The summed E-state index contributed by atoms with van der Waals surface area (Å²) in [5.41, 5.74) is -0.351. The molecule has 8 heteroatoms. The number of hydrogen-bond donors (Lipinski definition) is 0. The van der Waals surface area contributed by atoms with Gasteiger partial charge in [-0.25, -0.2) is 0 Å². The number of carbonyl (C=O) groups excluding carboxylic acids is 2. The van der Waals surface area contributed by atoms with Crippen molar-refractivity contribution in [3.05, 3.63) is 118 Å². The van der Waals surface area contributed by atoms with E-state index in [1.54, 1.807) is 12.1 Å². The van der Waals surface area contributed by atoms with Crippen LogP contribution in [0.3, 0.4) is 0 Å². The van der Waals surface area contributed by atoms with Crippen LogP contribution in [0.2, 0.25) is 0 Å². The summed E-state index contributed by atoms with van der Waals surface area (Å²) in [5, 5.41) is 0. The number of fused-ring (bicyclic) bond motifs is 2. The molecule has 0 aliphatic heterocycles. The zero-order valence-electron chi connectivity index (χ0n) is 18.2. The SMILES string of the molecule is O=C1c2ccccc2C(=O)c2c1ccc(-c1ccc(C(F)(F)F)cc1)c2-c1ccc(C(F)(F)F)cc1. The third kappa shape index (κ3) is 3.88. The van der Waals surface area contributed by atoms with Crippen LogP contribution in [0.5, 0.6) is 0 Å². The molecular formula is C28H14F6O2. The van der Waals surface area contributed by atoms with Crippen molar-refractivity contribution in [2.24, 2.45) is 0 Å². The number of halogens is 6. The molecule has 0 amide bonds. The Bertz CT molecular complexity index is 1510. The molecule has 0 atom stereocenters. The maximum atomic E-state index is 13.6. The van der Waals surface area contributed by atoms with Gasteiger partial charge in [-0.1, -0.05) is 54.6 Å². The van der Waals surface area contributed by atoms with Gasteiger partial charge in [0.05, 0.1) is 11.1 Å².